The zero-order valence-electron chi connectivity index (χ0n) is 8.48. The molecular formula is C8H14O8. The maximum Gasteiger partial charge on any atom is 0.345 e. The summed E-state index contributed by atoms with van der Waals surface area (Å²) in [6.07, 6.45) is -7.94. The van der Waals surface area contributed by atoms with Gasteiger partial charge in [0.25, 0.3) is 0 Å². The molecule has 0 saturated heterocycles. The number of aliphatic hydroxyl groups is 5. The zero-order valence-corrected chi connectivity index (χ0v) is 8.48. The lowest BCUT2D eigenvalue weighted by atomic mass is 10.0. The first-order chi connectivity index (χ1) is 7.31. The Morgan fingerprint density at radius 2 is 1.62 bits per heavy atom. The lowest BCUT2D eigenvalue weighted by molar-refractivity contribution is -0.175. The summed E-state index contributed by atoms with van der Waals surface area (Å²) in [7, 11) is 0. The number of rotatable bonds is 5. The largest absolute Gasteiger partial charge is 0.394 e. The van der Waals surface area contributed by atoms with Gasteiger partial charge in [0.05, 0.1) is 6.61 Å². The Balaban J connectivity index is 4.42. The Morgan fingerprint density at radius 1 is 1.12 bits per heavy atom. The molecule has 0 aliphatic rings. The van der Waals surface area contributed by atoms with Crippen LogP contribution in [0.1, 0.15) is 6.92 Å². The number of esters is 2. The van der Waals surface area contributed by atoms with Gasteiger partial charge in [0, 0.05) is 6.92 Å². The Kier molecular flexibility index (Phi) is 6.08. The van der Waals surface area contributed by atoms with Crippen molar-refractivity contribution in [2.45, 2.75) is 31.3 Å². The molecule has 8 heteroatoms. The molecule has 0 fully saturated rings. The van der Waals surface area contributed by atoms with Crippen LogP contribution in [0.15, 0.2) is 0 Å². The fourth-order valence-corrected chi connectivity index (χ4v) is 0.864. The van der Waals surface area contributed by atoms with Gasteiger partial charge in [0.1, 0.15) is 18.3 Å². The SMILES string of the molecule is CC(=O)OC(=O)[C@H](O)[C@@H](O)[C@@H](O)[C@H](O)CO. The molecule has 8 nitrogen and oxygen atoms in total. The monoisotopic (exact) mass is 238 g/mol. The van der Waals surface area contributed by atoms with Crippen LogP contribution in [0.5, 0.6) is 0 Å². The molecule has 94 valence electrons. The van der Waals surface area contributed by atoms with E-state index < -0.39 is 43.0 Å². The number of ether oxygens (including phenoxy) is 1. The predicted octanol–water partition coefficient (Wildman–Crippen LogP) is -3.49. The molecule has 0 aromatic rings. The van der Waals surface area contributed by atoms with E-state index in [0.717, 1.165) is 6.92 Å². The maximum absolute atomic E-state index is 10.9. The third kappa shape index (κ3) is 4.21. The van der Waals surface area contributed by atoms with E-state index in [4.69, 9.17) is 20.4 Å². The molecule has 0 amide bonds. The van der Waals surface area contributed by atoms with E-state index in [-0.39, 0.29) is 0 Å². The molecule has 0 heterocycles. The van der Waals surface area contributed by atoms with Gasteiger partial charge in [-0.2, -0.15) is 0 Å². The third-order valence-electron chi connectivity index (χ3n) is 1.74. The molecule has 0 bridgehead atoms. The van der Waals surface area contributed by atoms with E-state index in [9.17, 15) is 14.7 Å². The molecule has 0 spiro atoms. The van der Waals surface area contributed by atoms with Crippen molar-refractivity contribution in [2.75, 3.05) is 6.61 Å². The molecule has 0 rings (SSSR count). The van der Waals surface area contributed by atoms with Gasteiger partial charge >= 0.3 is 11.9 Å². The van der Waals surface area contributed by atoms with Gasteiger partial charge in [0.15, 0.2) is 6.10 Å². The first-order valence-corrected chi connectivity index (χ1v) is 4.36. The minimum atomic E-state index is -2.19. The summed E-state index contributed by atoms with van der Waals surface area (Å²) in [4.78, 5) is 21.3. The van der Waals surface area contributed by atoms with Gasteiger partial charge in [-0.25, -0.2) is 4.79 Å². The van der Waals surface area contributed by atoms with Gasteiger partial charge in [-0.1, -0.05) is 0 Å². The summed E-state index contributed by atoms with van der Waals surface area (Å²) in [5.74, 6) is -2.45. The van der Waals surface area contributed by atoms with Crippen LogP contribution in [0.25, 0.3) is 0 Å². The van der Waals surface area contributed by atoms with Crippen molar-refractivity contribution in [1.82, 2.24) is 0 Å². The summed E-state index contributed by atoms with van der Waals surface area (Å²) in [5.41, 5.74) is 0. The third-order valence-corrected chi connectivity index (χ3v) is 1.74. The highest BCUT2D eigenvalue weighted by Crippen LogP contribution is 2.06. The van der Waals surface area contributed by atoms with Crippen molar-refractivity contribution < 1.29 is 39.9 Å². The highest BCUT2D eigenvalue weighted by atomic mass is 16.6. The van der Waals surface area contributed by atoms with Crippen molar-refractivity contribution in [3.05, 3.63) is 0 Å². The molecule has 0 aliphatic carbocycles. The van der Waals surface area contributed by atoms with Gasteiger partial charge in [-0.3, -0.25) is 4.79 Å². The van der Waals surface area contributed by atoms with Crippen molar-refractivity contribution in [3.8, 4) is 0 Å². The molecule has 4 atom stereocenters. The van der Waals surface area contributed by atoms with Crippen LogP contribution >= 0.6 is 0 Å². The fourth-order valence-electron chi connectivity index (χ4n) is 0.864. The molecule has 0 aromatic carbocycles. The van der Waals surface area contributed by atoms with Crippen LogP contribution < -0.4 is 0 Å². The van der Waals surface area contributed by atoms with Crippen LogP contribution in [0.3, 0.4) is 0 Å². The molecule has 0 aromatic heterocycles. The van der Waals surface area contributed by atoms with E-state index in [1.807, 2.05) is 0 Å². The first kappa shape index (κ1) is 14.9. The summed E-state index contributed by atoms with van der Waals surface area (Å²) < 4.78 is 3.95. The van der Waals surface area contributed by atoms with E-state index >= 15 is 0 Å². The Hall–Kier alpha value is -1.06. The van der Waals surface area contributed by atoms with Crippen molar-refractivity contribution in [2.24, 2.45) is 0 Å². The average molecular weight is 238 g/mol. The number of aliphatic hydroxyl groups excluding tert-OH is 5. The van der Waals surface area contributed by atoms with Gasteiger partial charge < -0.3 is 30.3 Å². The summed E-state index contributed by atoms with van der Waals surface area (Å²) in [6, 6.07) is 0. The highest BCUT2D eigenvalue weighted by molar-refractivity contribution is 5.87. The molecule has 0 unspecified atom stereocenters. The minimum absolute atomic E-state index is 0.868. The summed E-state index contributed by atoms with van der Waals surface area (Å²) in [5, 5.41) is 44.8. The van der Waals surface area contributed by atoms with Gasteiger partial charge in [-0.15, -0.1) is 0 Å². The first-order valence-electron chi connectivity index (χ1n) is 4.36. The second-order valence-electron chi connectivity index (χ2n) is 3.09. The van der Waals surface area contributed by atoms with E-state index in [2.05, 4.69) is 4.74 Å². The van der Waals surface area contributed by atoms with E-state index in [1.54, 1.807) is 0 Å². The Morgan fingerprint density at radius 3 is 2.00 bits per heavy atom. The Labute approximate surface area is 90.7 Å². The van der Waals surface area contributed by atoms with Gasteiger partial charge in [0.2, 0.25) is 0 Å². The minimum Gasteiger partial charge on any atom is -0.394 e. The standard InChI is InChI=1S/C8H14O8/c1-3(10)16-8(15)7(14)6(13)5(12)4(11)2-9/h4-7,9,11-14H,2H2,1H3/t4-,5+,6+,7-/m1/s1. The van der Waals surface area contributed by atoms with Crippen molar-refractivity contribution in [3.63, 3.8) is 0 Å². The highest BCUT2D eigenvalue weighted by Gasteiger charge is 2.35. The second-order valence-corrected chi connectivity index (χ2v) is 3.09. The summed E-state index contributed by atoms with van der Waals surface area (Å²) in [6.45, 7) is 0.0443. The Bertz CT molecular complexity index is 252. The number of hydrogen-bond acceptors (Lipinski definition) is 8. The summed E-state index contributed by atoms with van der Waals surface area (Å²) >= 11 is 0. The lowest BCUT2D eigenvalue weighted by Crippen LogP contribution is -2.49. The molecule has 0 aliphatic heterocycles. The van der Waals surface area contributed by atoms with Crippen LogP contribution in [0.4, 0.5) is 0 Å². The predicted molar refractivity (Wildman–Crippen MR) is 47.9 cm³/mol. The van der Waals surface area contributed by atoms with E-state index in [1.165, 1.54) is 0 Å². The van der Waals surface area contributed by atoms with Gasteiger partial charge in [-0.05, 0) is 0 Å². The molecule has 16 heavy (non-hydrogen) atoms. The lowest BCUT2D eigenvalue weighted by Gasteiger charge is -2.23. The topological polar surface area (TPSA) is 145 Å². The molecular weight excluding hydrogens is 224 g/mol. The van der Waals surface area contributed by atoms with Crippen LogP contribution in [0.2, 0.25) is 0 Å². The number of hydrogen-bond donors (Lipinski definition) is 5. The second kappa shape index (κ2) is 6.51. The zero-order chi connectivity index (χ0) is 12.9. The maximum atomic E-state index is 10.9. The average Bonchev–Trinajstić information content (AvgIpc) is 2.23. The van der Waals surface area contributed by atoms with Crippen LogP contribution in [0, 0.1) is 0 Å². The van der Waals surface area contributed by atoms with Crippen molar-refractivity contribution in [1.29, 1.82) is 0 Å². The van der Waals surface area contributed by atoms with Crippen LogP contribution in [-0.4, -0.2) is 68.5 Å². The quantitative estimate of drug-likeness (QED) is 0.245. The fraction of sp³-hybridized carbons (Fsp3) is 0.750. The smallest absolute Gasteiger partial charge is 0.345 e. The molecule has 0 saturated carbocycles. The molecule has 0 radical (unpaired) electrons. The number of carbonyl (C=O) groups excluding carboxylic acids is 2. The normalized spacial score (nSPS) is 18.4. The molecule has 5 N–H and O–H groups in total. The van der Waals surface area contributed by atoms with E-state index in [0.29, 0.717) is 0 Å². The van der Waals surface area contributed by atoms with Crippen LogP contribution in [-0.2, 0) is 14.3 Å². The number of carbonyl (C=O) groups is 2. The van der Waals surface area contributed by atoms with Crippen molar-refractivity contribution >= 4 is 11.9 Å².